The van der Waals surface area contributed by atoms with E-state index in [9.17, 15) is 22.8 Å². The van der Waals surface area contributed by atoms with Crippen LogP contribution < -0.4 is 21.3 Å². The second-order valence-corrected chi connectivity index (χ2v) is 12.1. The van der Waals surface area contributed by atoms with Crippen LogP contribution in [0.3, 0.4) is 0 Å². The Bertz CT molecular complexity index is 1470. The van der Waals surface area contributed by atoms with Gasteiger partial charge in [0.25, 0.3) is 5.56 Å². The quantitative estimate of drug-likeness (QED) is 0.164. The van der Waals surface area contributed by atoms with Crippen LogP contribution in [0.25, 0.3) is 5.69 Å². The Balaban J connectivity index is 1.09. The van der Waals surface area contributed by atoms with Crippen LogP contribution in [0.5, 0.6) is 5.75 Å². The number of nitrogens with two attached hydrogens (primary N) is 1. The molecule has 43 heavy (non-hydrogen) atoms. The van der Waals surface area contributed by atoms with Crippen molar-refractivity contribution in [2.24, 2.45) is 0 Å². The number of hydrogen-bond donors (Lipinski definition) is 2. The number of aromatic nitrogens is 2. The number of rotatable bonds is 12. The highest BCUT2D eigenvalue weighted by molar-refractivity contribution is 7.99. The predicted molar refractivity (Wildman–Crippen MR) is 161 cm³/mol. The maximum atomic E-state index is 13.8. The van der Waals surface area contributed by atoms with E-state index in [1.54, 1.807) is 27.3 Å². The molecule has 0 bridgehead atoms. The first-order valence-electron chi connectivity index (χ1n) is 14.7. The van der Waals surface area contributed by atoms with Gasteiger partial charge in [0.2, 0.25) is 5.91 Å². The van der Waals surface area contributed by atoms with Gasteiger partial charge in [-0.2, -0.15) is 13.2 Å². The zero-order chi connectivity index (χ0) is 30.4. The molecule has 230 valence electrons. The summed E-state index contributed by atoms with van der Waals surface area (Å²) < 4.78 is 45.1. The fraction of sp³-hybridized carbons (Fsp3) is 0.452. The molecule has 5 rings (SSSR count). The number of alkyl halides is 3. The van der Waals surface area contributed by atoms with Crippen LogP contribution in [0, 0.1) is 0 Å². The Morgan fingerprint density at radius 2 is 1.86 bits per heavy atom. The minimum absolute atomic E-state index is 0.0746. The molecular formula is C31H36F3N5O3S. The lowest BCUT2D eigenvalue weighted by Gasteiger charge is -2.30. The Kier molecular flexibility index (Phi) is 9.97. The summed E-state index contributed by atoms with van der Waals surface area (Å²) >= 11 is 1.64. The molecule has 1 aliphatic heterocycles. The molecule has 2 aromatic carbocycles. The van der Waals surface area contributed by atoms with Crippen LogP contribution in [0.1, 0.15) is 55.3 Å². The average Bonchev–Trinajstić information content (AvgIpc) is 2.96. The van der Waals surface area contributed by atoms with Crippen molar-refractivity contribution in [2.75, 3.05) is 32.0 Å². The average molecular weight is 616 g/mol. The fourth-order valence-electron chi connectivity index (χ4n) is 5.05. The van der Waals surface area contributed by atoms with Crippen molar-refractivity contribution >= 4 is 23.4 Å². The molecule has 2 aliphatic rings. The van der Waals surface area contributed by atoms with Gasteiger partial charge in [0.05, 0.1) is 47.9 Å². The molecule has 1 fully saturated rings. The van der Waals surface area contributed by atoms with E-state index in [4.69, 9.17) is 15.5 Å². The highest BCUT2D eigenvalue weighted by atomic mass is 32.2. The van der Waals surface area contributed by atoms with Crippen molar-refractivity contribution in [1.82, 2.24) is 19.8 Å². The highest BCUT2D eigenvalue weighted by Crippen LogP contribution is 2.37. The lowest BCUT2D eigenvalue weighted by atomic mass is 10.0. The number of fused-ring (bicyclic) bond motifs is 1. The standard InChI is InChI=1S/C31H36F3N5O3S/c32-31(33,34)21-11-13-22(14-12-21)42-18-5-1-4-16-36-19-28(40)38-17-15-26-24(20-38)29(41)39(27-10-3-2-9-25(27)35)30(37-26)43-23-7-6-8-23/h2-3,9-14,23,36H,1,4-8,15-20,35H2. The van der Waals surface area contributed by atoms with E-state index in [0.717, 1.165) is 49.9 Å². The van der Waals surface area contributed by atoms with Gasteiger partial charge in [-0.15, -0.1) is 0 Å². The molecule has 3 N–H and O–H groups in total. The van der Waals surface area contributed by atoms with Gasteiger partial charge in [-0.3, -0.25) is 14.2 Å². The molecule has 0 atom stereocenters. The van der Waals surface area contributed by atoms with Crippen molar-refractivity contribution in [1.29, 1.82) is 0 Å². The maximum Gasteiger partial charge on any atom is 0.416 e. The summed E-state index contributed by atoms with van der Waals surface area (Å²) in [5, 5.41) is 4.29. The Hall–Kier alpha value is -3.51. The molecule has 1 aliphatic carbocycles. The van der Waals surface area contributed by atoms with E-state index in [1.807, 2.05) is 18.2 Å². The molecule has 3 aromatic rings. The lowest BCUT2D eigenvalue weighted by molar-refractivity contribution is -0.137. The van der Waals surface area contributed by atoms with Crippen LogP contribution in [0.15, 0.2) is 58.5 Å². The second kappa shape index (κ2) is 13.9. The van der Waals surface area contributed by atoms with Gasteiger partial charge in [0.1, 0.15) is 5.75 Å². The normalized spacial score (nSPS) is 15.2. The molecule has 0 saturated heterocycles. The van der Waals surface area contributed by atoms with Gasteiger partial charge < -0.3 is 20.7 Å². The number of nitrogens with one attached hydrogen (secondary N) is 1. The molecule has 1 aromatic heterocycles. The Labute approximate surface area is 252 Å². The topological polar surface area (TPSA) is 102 Å². The van der Waals surface area contributed by atoms with Gasteiger partial charge in [0, 0.05) is 18.2 Å². The van der Waals surface area contributed by atoms with Crippen molar-refractivity contribution in [3.8, 4) is 11.4 Å². The van der Waals surface area contributed by atoms with Crippen LogP contribution in [0.4, 0.5) is 18.9 Å². The SMILES string of the molecule is Nc1ccccc1-n1c(SC2CCC2)nc2c(c1=O)CN(C(=O)CNCCCCCOc1ccc(C(F)(F)F)cc1)CC2. The van der Waals surface area contributed by atoms with Gasteiger partial charge in [-0.05, 0) is 75.0 Å². The van der Waals surface area contributed by atoms with Crippen molar-refractivity contribution in [3.63, 3.8) is 0 Å². The first-order valence-corrected chi connectivity index (χ1v) is 15.5. The second-order valence-electron chi connectivity index (χ2n) is 10.9. The first kappa shape index (κ1) is 30.9. The van der Waals surface area contributed by atoms with Gasteiger partial charge >= 0.3 is 6.18 Å². The summed E-state index contributed by atoms with van der Waals surface area (Å²) in [6, 6.07) is 11.9. The maximum absolute atomic E-state index is 13.8. The first-order chi connectivity index (χ1) is 20.7. The Morgan fingerprint density at radius 3 is 2.56 bits per heavy atom. The van der Waals surface area contributed by atoms with E-state index in [0.29, 0.717) is 59.2 Å². The van der Waals surface area contributed by atoms with E-state index >= 15 is 0 Å². The largest absolute Gasteiger partial charge is 0.494 e. The third-order valence-corrected chi connectivity index (χ3v) is 9.07. The number of hydrogen-bond acceptors (Lipinski definition) is 7. The summed E-state index contributed by atoms with van der Waals surface area (Å²) in [4.78, 5) is 33.4. The van der Waals surface area contributed by atoms with Crippen LogP contribution in [-0.4, -0.2) is 51.8 Å². The zero-order valence-corrected chi connectivity index (χ0v) is 24.7. The van der Waals surface area contributed by atoms with E-state index in [1.165, 1.54) is 18.6 Å². The number of benzene rings is 2. The zero-order valence-electron chi connectivity index (χ0n) is 23.9. The number of nitrogen functional groups attached to an aromatic ring is 1. The number of anilines is 1. The summed E-state index contributed by atoms with van der Waals surface area (Å²) in [6.45, 7) is 1.93. The summed E-state index contributed by atoms with van der Waals surface area (Å²) in [6.07, 6.45) is 1.96. The number of carbonyl (C=O) groups excluding carboxylic acids is 1. The molecular weight excluding hydrogens is 579 g/mol. The van der Waals surface area contributed by atoms with E-state index in [2.05, 4.69) is 5.32 Å². The predicted octanol–water partition coefficient (Wildman–Crippen LogP) is 5.20. The number of halogens is 3. The number of thioether (sulfide) groups is 1. The number of nitrogens with zero attached hydrogens (tertiary/aromatic N) is 3. The molecule has 0 radical (unpaired) electrons. The van der Waals surface area contributed by atoms with Crippen molar-refractivity contribution in [3.05, 3.63) is 75.7 Å². The minimum Gasteiger partial charge on any atom is -0.494 e. The van der Waals surface area contributed by atoms with Gasteiger partial charge in [-0.25, -0.2) is 4.98 Å². The lowest BCUT2D eigenvalue weighted by Crippen LogP contribution is -2.44. The molecule has 1 amide bonds. The number of para-hydroxylation sites is 2. The van der Waals surface area contributed by atoms with Gasteiger partial charge in [0.15, 0.2) is 5.16 Å². The van der Waals surface area contributed by atoms with Crippen LogP contribution in [-0.2, 0) is 23.9 Å². The third-order valence-electron chi connectivity index (χ3n) is 7.78. The summed E-state index contributed by atoms with van der Waals surface area (Å²) in [7, 11) is 0. The van der Waals surface area contributed by atoms with Crippen molar-refractivity contribution < 1.29 is 22.7 Å². The summed E-state index contributed by atoms with van der Waals surface area (Å²) in [5.41, 5.74) is 7.79. The monoisotopic (exact) mass is 615 g/mol. The minimum atomic E-state index is -4.36. The fourth-order valence-corrected chi connectivity index (χ4v) is 6.37. The molecule has 0 spiro atoms. The van der Waals surface area contributed by atoms with Crippen LogP contribution in [0.2, 0.25) is 0 Å². The Morgan fingerprint density at radius 1 is 1.09 bits per heavy atom. The number of ether oxygens (including phenoxy) is 1. The van der Waals surface area contributed by atoms with E-state index in [-0.39, 0.29) is 24.6 Å². The smallest absolute Gasteiger partial charge is 0.416 e. The third kappa shape index (κ3) is 7.72. The molecule has 2 heterocycles. The number of carbonyl (C=O) groups is 1. The van der Waals surface area contributed by atoms with E-state index < -0.39 is 11.7 Å². The molecule has 1 saturated carbocycles. The molecule has 8 nitrogen and oxygen atoms in total. The highest BCUT2D eigenvalue weighted by Gasteiger charge is 2.30. The van der Waals surface area contributed by atoms with Crippen LogP contribution >= 0.6 is 11.8 Å². The summed E-state index contributed by atoms with van der Waals surface area (Å²) in [5.74, 6) is 0.330. The van der Waals surface area contributed by atoms with Crippen molar-refractivity contribution in [2.45, 2.75) is 68.1 Å². The molecule has 12 heteroatoms. The van der Waals surface area contributed by atoms with Gasteiger partial charge in [-0.1, -0.05) is 30.3 Å². The number of amides is 1. The number of unbranched alkanes of at least 4 members (excludes halogenated alkanes) is 2. The molecule has 0 unspecified atom stereocenters.